The minimum atomic E-state index is -0.280. The molecule has 0 aromatic heterocycles. The van der Waals surface area contributed by atoms with Crippen LogP contribution >= 0.6 is 0 Å². The molecule has 3 rings (SSSR count). The molecule has 1 saturated carbocycles. The van der Waals surface area contributed by atoms with Crippen molar-refractivity contribution in [2.24, 2.45) is 0 Å². The number of amides is 2. The first-order valence-corrected chi connectivity index (χ1v) is 8.47. The van der Waals surface area contributed by atoms with Crippen LogP contribution in [0.15, 0.2) is 42.5 Å². The van der Waals surface area contributed by atoms with Gasteiger partial charge >= 0.3 is 0 Å². The Hall–Kier alpha value is -3.02. The van der Waals surface area contributed by atoms with Crippen LogP contribution in [0.5, 0.6) is 11.5 Å². The first-order chi connectivity index (χ1) is 12.5. The summed E-state index contributed by atoms with van der Waals surface area (Å²) in [6.07, 6.45) is 1.97. The predicted molar refractivity (Wildman–Crippen MR) is 100 cm³/mol. The van der Waals surface area contributed by atoms with Gasteiger partial charge in [-0.15, -0.1) is 0 Å². The van der Waals surface area contributed by atoms with E-state index in [9.17, 15) is 9.59 Å². The standard InChI is InChI=1S/C20H22N2O4/c1-13(23)22(15-9-10-15)17-7-5-4-6-16(17)21-20(24)14-8-11-18(25-2)19(12-14)26-3/h4-8,11-12,15H,9-10H2,1-3H3,(H,21,24). The van der Waals surface area contributed by atoms with Crippen molar-refractivity contribution in [2.75, 3.05) is 24.4 Å². The zero-order chi connectivity index (χ0) is 18.7. The van der Waals surface area contributed by atoms with Crippen LogP contribution in [-0.4, -0.2) is 32.1 Å². The molecule has 0 heterocycles. The number of hydrogen-bond donors (Lipinski definition) is 1. The topological polar surface area (TPSA) is 67.9 Å². The monoisotopic (exact) mass is 354 g/mol. The minimum absolute atomic E-state index is 0.0275. The zero-order valence-corrected chi connectivity index (χ0v) is 15.1. The molecule has 6 nitrogen and oxygen atoms in total. The fraction of sp³-hybridized carbons (Fsp3) is 0.300. The third kappa shape index (κ3) is 3.64. The van der Waals surface area contributed by atoms with Gasteiger partial charge in [0, 0.05) is 18.5 Å². The number of anilines is 2. The molecule has 0 bridgehead atoms. The molecule has 2 amide bonds. The van der Waals surface area contributed by atoms with Crippen LogP contribution in [0.4, 0.5) is 11.4 Å². The molecular weight excluding hydrogens is 332 g/mol. The third-order valence-electron chi connectivity index (χ3n) is 4.31. The Bertz CT molecular complexity index is 830. The second-order valence-electron chi connectivity index (χ2n) is 6.16. The third-order valence-corrected chi connectivity index (χ3v) is 4.31. The van der Waals surface area contributed by atoms with E-state index < -0.39 is 0 Å². The number of rotatable bonds is 6. The number of benzene rings is 2. The van der Waals surface area contributed by atoms with Crippen molar-refractivity contribution < 1.29 is 19.1 Å². The lowest BCUT2D eigenvalue weighted by Crippen LogP contribution is -2.31. The Morgan fingerprint density at radius 1 is 1.04 bits per heavy atom. The zero-order valence-electron chi connectivity index (χ0n) is 15.1. The summed E-state index contributed by atoms with van der Waals surface area (Å²) in [6.45, 7) is 1.55. The SMILES string of the molecule is COc1ccc(C(=O)Nc2ccccc2N(C(C)=O)C2CC2)cc1OC. The number of carbonyl (C=O) groups excluding carboxylic acids is 2. The fourth-order valence-electron chi connectivity index (χ4n) is 2.92. The van der Waals surface area contributed by atoms with Gasteiger partial charge in [0.1, 0.15) is 0 Å². The van der Waals surface area contributed by atoms with Crippen molar-refractivity contribution in [3.8, 4) is 11.5 Å². The van der Waals surface area contributed by atoms with Crippen LogP contribution in [0.2, 0.25) is 0 Å². The molecular formula is C20H22N2O4. The summed E-state index contributed by atoms with van der Waals surface area (Å²) in [5.41, 5.74) is 1.77. The highest BCUT2D eigenvalue weighted by Crippen LogP contribution is 2.36. The highest BCUT2D eigenvalue weighted by Gasteiger charge is 2.33. The van der Waals surface area contributed by atoms with Gasteiger partial charge in [0.2, 0.25) is 5.91 Å². The lowest BCUT2D eigenvalue weighted by atomic mass is 10.1. The van der Waals surface area contributed by atoms with Gasteiger partial charge in [-0.1, -0.05) is 12.1 Å². The Morgan fingerprint density at radius 2 is 1.73 bits per heavy atom. The molecule has 0 atom stereocenters. The van der Waals surface area contributed by atoms with Gasteiger partial charge in [0.15, 0.2) is 11.5 Å². The number of para-hydroxylation sites is 2. The van der Waals surface area contributed by atoms with E-state index in [0.29, 0.717) is 22.7 Å². The van der Waals surface area contributed by atoms with Crippen molar-refractivity contribution in [1.82, 2.24) is 0 Å². The highest BCUT2D eigenvalue weighted by atomic mass is 16.5. The molecule has 6 heteroatoms. The first kappa shape index (κ1) is 17.8. The number of nitrogens with one attached hydrogen (secondary N) is 1. The van der Waals surface area contributed by atoms with Gasteiger partial charge in [0.25, 0.3) is 5.91 Å². The average molecular weight is 354 g/mol. The van der Waals surface area contributed by atoms with Gasteiger partial charge in [-0.2, -0.15) is 0 Å². The Balaban J connectivity index is 1.87. The normalized spacial score (nSPS) is 13.0. The molecule has 2 aromatic carbocycles. The molecule has 0 spiro atoms. The van der Waals surface area contributed by atoms with Crippen LogP contribution in [-0.2, 0) is 4.79 Å². The lowest BCUT2D eigenvalue weighted by Gasteiger charge is -2.24. The molecule has 2 aromatic rings. The quantitative estimate of drug-likeness (QED) is 0.862. The van der Waals surface area contributed by atoms with Crippen molar-refractivity contribution in [2.45, 2.75) is 25.8 Å². The highest BCUT2D eigenvalue weighted by molar-refractivity contribution is 6.08. The second-order valence-corrected chi connectivity index (χ2v) is 6.16. The van der Waals surface area contributed by atoms with Crippen LogP contribution in [0.25, 0.3) is 0 Å². The Morgan fingerprint density at radius 3 is 2.35 bits per heavy atom. The van der Waals surface area contributed by atoms with Crippen LogP contribution in [0.3, 0.4) is 0 Å². The van der Waals surface area contributed by atoms with Crippen molar-refractivity contribution in [3.63, 3.8) is 0 Å². The van der Waals surface area contributed by atoms with Crippen LogP contribution in [0, 0.1) is 0 Å². The Labute approximate surface area is 152 Å². The molecule has 0 unspecified atom stereocenters. The average Bonchev–Trinajstić information content (AvgIpc) is 3.47. The summed E-state index contributed by atoms with van der Waals surface area (Å²) in [4.78, 5) is 26.5. The number of ether oxygens (including phenoxy) is 2. The van der Waals surface area contributed by atoms with Gasteiger partial charge < -0.3 is 19.7 Å². The molecule has 26 heavy (non-hydrogen) atoms. The van der Waals surface area contributed by atoms with Crippen LogP contribution < -0.4 is 19.7 Å². The molecule has 1 fully saturated rings. The Kier molecular flexibility index (Phi) is 5.11. The summed E-state index contributed by atoms with van der Waals surface area (Å²) < 4.78 is 10.5. The summed E-state index contributed by atoms with van der Waals surface area (Å²) >= 11 is 0. The molecule has 1 aliphatic carbocycles. The van der Waals surface area contributed by atoms with Gasteiger partial charge in [-0.3, -0.25) is 9.59 Å². The largest absolute Gasteiger partial charge is 0.493 e. The van der Waals surface area contributed by atoms with Crippen molar-refractivity contribution >= 4 is 23.2 Å². The minimum Gasteiger partial charge on any atom is -0.493 e. The van der Waals surface area contributed by atoms with Gasteiger partial charge in [-0.25, -0.2) is 0 Å². The van der Waals surface area contributed by atoms with Gasteiger partial charge in [-0.05, 0) is 43.2 Å². The van der Waals surface area contributed by atoms with Crippen molar-refractivity contribution in [1.29, 1.82) is 0 Å². The molecule has 1 N–H and O–H groups in total. The maximum absolute atomic E-state index is 12.7. The van der Waals surface area contributed by atoms with E-state index in [1.54, 1.807) is 43.2 Å². The fourth-order valence-corrected chi connectivity index (χ4v) is 2.92. The van der Waals surface area contributed by atoms with Gasteiger partial charge in [0.05, 0.1) is 25.6 Å². The summed E-state index contributed by atoms with van der Waals surface area (Å²) in [7, 11) is 3.07. The number of hydrogen-bond acceptors (Lipinski definition) is 4. The smallest absolute Gasteiger partial charge is 0.255 e. The predicted octanol–water partition coefficient (Wildman–Crippen LogP) is 3.47. The van der Waals surface area contributed by atoms with Crippen LogP contribution in [0.1, 0.15) is 30.1 Å². The summed E-state index contributed by atoms with van der Waals surface area (Å²) in [5, 5.41) is 2.90. The molecule has 0 aliphatic heterocycles. The molecule has 0 radical (unpaired) electrons. The lowest BCUT2D eigenvalue weighted by molar-refractivity contribution is -0.116. The summed E-state index contributed by atoms with van der Waals surface area (Å²) in [5.74, 6) is 0.732. The first-order valence-electron chi connectivity index (χ1n) is 8.47. The maximum Gasteiger partial charge on any atom is 0.255 e. The van der Waals surface area contributed by atoms with E-state index >= 15 is 0 Å². The molecule has 0 saturated heterocycles. The number of methoxy groups -OCH3 is 2. The maximum atomic E-state index is 12.7. The van der Waals surface area contributed by atoms with E-state index in [2.05, 4.69) is 5.32 Å². The number of carbonyl (C=O) groups is 2. The molecule has 1 aliphatic rings. The second kappa shape index (κ2) is 7.47. The summed E-state index contributed by atoms with van der Waals surface area (Å²) in [6, 6.07) is 12.5. The van der Waals surface area contributed by atoms with E-state index in [-0.39, 0.29) is 17.9 Å². The molecule has 136 valence electrons. The number of nitrogens with zero attached hydrogens (tertiary/aromatic N) is 1. The van der Waals surface area contributed by atoms with E-state index in [4.69, 9.17) is 9.47 Å². The van der Waals surface area contributed by atoms with E-state index in [0.717, 1.165) is 18.5 Å². The van der Waals surface area contributed by atoms with E-state index in [1.165, 1.54) is 7.11 Å². The van der Waals surface area contributed by atoms with E-state index in [1.807, 2.05) is 18.2 Å². The van der Waals surface area contributed by atoms with Crippen molar-refractivity contribution in [3.05, 3.63) is 48.0 Å².